The second-order valence-electron chi connectivity index (χ2n) is 2.92. The van der Waals surface area contributed by atoms with E-state index >= 15 is 0 Å². The van der Waals surface area contributed by atoms with Crippen molar-refractivity contribution in [3.63, 3.8) is 0 Å². The molecule has 2 fully saturated rings. The summed E-state index contributed by atoms with van der Waals surface area (Å²) in [6.45, 7) is 1.84. The molecule has 0 spiro atoms. The predicted molar refractivity (Wildman–Crippen MR) is 37.4 cm³/mol. The first-order valence-corrected chi connectivity index (χ1v) is 4.07. The number of hydrogen-bond donors (Lipinski definition) is 0. The Balaban J connectivity index is 1.85. The molecule has 2 nitrogen and oxygen atoms in total. The lowest BCUT2D eigenvalue weighted by atomic mass is 10.1. The summed E-state index contributed by atoms with van der Waals surface area (Å²) in [7, 11) is 0. The van der Waals surface area contributed by atoms with Gasteiger partial charge in [0.2, 0.25) is 0 Å². The fourth-order valence-electron chi connectivity index (χ4n) is 1.61. The molecule has 10 heavy (non-hydrogen) atoms. The molecule has 2 rings (SSSR count). The van der Waals surface area contributed by atoms with E-state index in [0.717, 1.165) is 19.6 Å². The van der Waals surface area contributed by atoms with E-state index in [1.165, 1.54) is 25.4 Å². The van der Waals surface area contributed by atoms with E-state index in [1.54, 1.807) is 0 Å². The first-order valence-electron chi connectivity index (χ1n) is 4.07. The van der Waals surface area contributed by atoms with Crippen LogP contribution >= 0.6 is 0 Å². The molecule has 2 saturated heterocycles. The molecular formula is C8H13O2. The van der Waals surface area contributed by atoms with Crippen molar-refractivity contribution in [2.75, 3.05) is 13.2 Å². The van der Waals surface area contributed by atoms with Crippen LogP contribution < -0.4 is 0 Å². The monoisotopic (exact) mass is 141 g/mol. The molecule has 2 heterocycles. The quantitative estimate of drug-likeness (QED) is 0.551. The third-order valence-corrected chi connectivity index (χ3v) is 2.14. The molecule has 0 bridgehead atoms. The average Bonchev–Trinajstić information content (AvgIpc) is 2.59. The van der Waals surface area contributed by atoms with E-state index < -0.39 is 0 Å². The molecule has 1 radical (unpaired) electrons. The van der Waals surface area contributed by atoms with Crippen LogP contribution in [0.15, 0.2) is 0 Å². The van der Waals surface area contributed by atoms with Gasteiger partial charge < -0.3 is 9.47 Å². The molecule has 0 N–H and O–H groups in total. The van der Waals surface area contributed by atoms with Crippen molar-refractivity contribution in [1.29, 1.82) is 0 Å². The van der Waals surface area contributed by atoms with Gasteiger partial charge in [0.25, 0.3) is 0 Å². The molecule has 1 unspecified atom stereocenters. The van der Waals surface area contributed by atoms with Gasteiger partial charge >= 0.3 is 0 Å². The summed E-state index contributed by atoms with van der Waals surface area (Å²) in [6, 6.07) is 0. The maximum atomic E-state index is 5.47. The van der Waals surface area contributed by atoms with Gasteiger partial charge in [0.05, 0.1) is 6.10 Å². The van der Waals surface area contributed by atoms with Gasteiger partial charge in [-0.15, -0.1) is 0 Å². The lowest BCUT2D eigenvalue weighted by Gasteiger charge is -2.14. The van der Waals surface area contributed by atoms with Crippen LogP contribution in [0.2, 0.25) is 0 Å². The van der Waals surface area contributed by atoms with E-state index in [4.69, 9.17) is 9.47 Å². The summed E-state index contributed by atoms with van der Waals surface area (Å²) in [5, 5.41) is 0. The zero-order valence-electron chi connectivity index (χ0n) is 6.14. The molecule has 0 saturated carbocycles. The maximum Gasteiger partial charge on any atom is 0.126 e. The van der Waals surface area contributed by atoms with Crippen LogP contribution in [0.3, 0.4) is 0 Å². The van der Waals surface area contributed by atoms with Crippen molar-refractivity contribution < 1.29 is 9.47 Å². The van der Waals surface area contributed by atoms with Crippen molar-refractivity contribution >= 4 is 0 Å². The van der Waals surface area contributed by atoms with E-state index in [9.17, 15) is 0 Å². The molecule has 57 valence electrons. The maximum absolute atomic E-state index is 5.47. The summed E-state index contributed by atoms with van der Waals surface area (Å²) < 4.78 is 10.9. The molecule has 2 aliphatic heterocycles. The number of ether oxygens (including phenoxy) is 2. The zero-order valence-corrected chi connectivity index (χ0v) is 6.14. The average molecular weight is 141 g/mol. The minimum absolute atomic E-state index is 0.350. The smallest absolute Gasteiger partial charge is 0.126 e. The Labute approximate surface area is 61.5 Å². The van der Waals surface area contributed by atoms with Crippen LogP contribution in [0, 0.1) is 6.10 Å². The van der Waals surface area contributed by atoms with Gasteiger partial charge in [0.1, 0.15) is 6.10 Å². The Morgan fingerprint density at radius 1 is 1.20 bits per heavy atom. The molecule has 0 amide bonds. The first-order chi connectivity index (χ1) is 4.97. The third-order valence-electron chi connectivity index (χ3n) is 2.14. The van der Waals surface area contributed by atoms with Gasteiger partial charge in [-0.3, -0.25) is 0 Å². The van der Waals surface area contributed by atoms with Gasteiger partial charge in [-0.1, -0.05) is 0 Å². The minimum Gasteiger partial charge on any atom is -0.375 e. The van der Waals surface area contributed by atoms with E-state index in [-0.39, 0.29) is 0 Å². The Kier molecular flexibility index (Phi) is 1.91. The van der Waals surface area contributed by atoms with Gasteiger partial charge in [0, 0.05) is 13.2 Å². The molecule has 1 atom stereocenters. The van der Waals surface area contributed by atoms with Crippen LogP contribution in [0.1, 0.15) is 25.7 Å². The van der Waals surface area contributed by atoms with Crippen LogP contribution in [0.4, 0.5) is 0 Å². The normalized spacial score (nSPS) is 35.4. The largest absolute Gasteiger partial charge is 0.375 e. The summed E-state index contributed by atoms with van der Waals surface area (Å²) in [4.78, 5) is 0. The predicted octanol–water partition coefficient (Wildman–Crippen LogP) is 1.51. The highest BCUT2D eigenvalue weighted by Gasteiger charge is 2.30. The Morgan fingerprint density at radius 3 is 2.80 bits per heavy atom. The van der Waals surface area contributed by atoms with Crippen molar-refractivity contribution in [3.05, 3.63) is 6.10 Å². The number of hydrogen-bond acceptors (Lipinski definition) is 2. The standard InChI is InChI=1S/C8H13O2/c1-3-7(9-5-1)8-4-2-6-10-8/h7H,1-6H2. The second kappa shape index (κ2) is 2.89. The molecule has 0 aromatic carbocycles. The Morgan fingerprint density at radius 2 is 2.20 bits per heavy atom. The van der Waals surface area contributed by atoms with Crippen LogP contribution in [0.5, 0.6) is 0 Å². The zero-order chi connectivity index (χ0) is 6.81. The van der Waals surface area contributed by atoms with Gasteiger partial charge in [-0.25, -0.2) is 0 Å². The lowest BCUT2D eigenvalue weighted by Crippen LogP contribution is -2.15. The summed E-state index contributed by atoms with van der Waals surface area (Å²) >= 11 is 0. The minimum atomic E-state index is 0.350. The second-order valence-corrected chi connectivity index (χ2v) is 2.92. The number of rotatable bonds is 1. The fraction of sp³-hybridized carbons (Fsp3) is 0.875. The van der Waals surface area contributed by atoms with Crippen molar-refractivity contribution in [2.45, 2.75) is 31.8 Å². The van der Waals surface area contributed by atoms with Crippen molar-refractivity contribution in [2.24, 2.45) is 0 Å². The molecule has 0 aromatic rings. The highest BCUT2D eigenvalue weighted by atomic mass is 16.5. The Hall–Kier alpha value is -0.0800. The van der Waals surface area contributed by atoms with Crippen molar-refractivity contribution in [3.8, 4) is 0 Å². The molecule has 2 heteroatoms. The third kappa shape index (κ3) is 1.18. The van der Waals surface area contributed by atoms with Gasteiger partial charge in [-0.05, 0) is 25.7 Å². The van der Waals surface area contributed by atoms with E-state index in [0.29, 0.717) is 6.10 Å². The van der Waals surface area contributed by atoms with E-state index in [2.05, 4.69) is 0 Å². The fourth-order valence-corrected chi connectivity index (χ4v) is 1.61. The summed E-state index contributed by atoms with van der Waals surface area (Å²) in [5.74, 6) is 0. The summed E-state index contributed by atoms with van der Waals surface area (Å²) in [5.41, 5.74) is 0. The molecule has 2 aliphatic rings. The highest BCUT2D eigenvalue weighted by molar-refractivity contribution is 4.93. The topological polar surface area (TPSA) is 18.5 Å². The van der Waals surface area contributed by atoms with Crippen LogP contribution in [-0.4, -0.2) is 19.3 Å². The van der Waals surface area contributed by atoms with Crippen LogP contribution in [-0.2, 0) is 9.47 Å². The first kappa shape index (κ1) is 6.62. The van der Waals surface area contributed by atoms with Crippen molar-refractivity contribution in [1.82, 2.24) is 0 Å². The van der Waals surface area contributed by atoms with Gasteiger partial charge in [-0.2, -0.15) is 0 Å². The molecular weight excluding hydrogens is 128 g/mol. The van der Waals surface area contributed by atoms with Gasteiger partial charge in [0.15, 0.2) is 0 Å². The van der Waals surface area contributed by atoms with E-state index in [1.807, 2.05) is 0 Å². The molecule has 0 aliphatic carbocycles. The lowest BCUT2D eigenvalue weighted by molar-refractivity contribution is 0.0452. The van der Waals surface area contributed by atoms with Crippen LogP contribution in [0.25, 0.3) is 0 Å². The highest BCUT2D eigenvalue weighted by Crippen LogP contribution is 2.30. The Bertz CT molecular complexity index is 87.8. The SMILES string of the molecule is C1CO[C](C2CCCO2)C1. The molecule has 0 aromatic heterocycles. The summed E-state index contributed by atoms with van der Waals surface area (Å²) in [6.07, 6.45) is 6.26.